The van der Waals surface area contributed by atoms with E-state index in [2.05, 4.69) is 4.72 Å². The van der Waals surface area contributed by atoms with E-state index in [0.717, 1.165) is 12.8 Å². The van der Waals surface area contributed by atoms with Crippen molar-refractivity contribution in [2.45, 2.75) is 39.5 Å². The van der Waals surface area contributed by atoms with E-state index in [4.69, 9.17) is 5.11 Å². The molecule has 0 aliphatic heterocycles. The molecule has 0 saturated heterocycles. The van der Waals surface area contributed by atoms with Crippen molar-refractivity contribution in [2.24, 2.45) is 11.3 Å². The van der Waals surface area contributed by atoms with Crippen molar-refractivity contribution in [3.8, 4) is 0 Å². The fourth-order valence-corrected chi connectivity index (χ4v) is 3.11. The van der Waals surface area contributed by atoms with Crippen LogP contribution in [0.15, 0.2) is 0 Å². The lowest BCUT2D eigenvalue weighted by atomic mass is 10.0. The minimum Gasteiger partial charge on any atom is -0.396 e. The van der Waals surface area contributed by atoms with Gasteiger partial charge in [-0.15, -0.1) is 0 Å². The predicted octanol–water partition coefficient (Wildman–Crippen LogP) is 1.11. The van der Waals surface area contributed by atoms with Crippen molar-refractivity contribution < 1.29 is 13.5 Å². The van der Waals surface area contributed by atoms with E-state index in [9.17, 15) is 8.42 Å². The quantitative estimate of drug-likeness (QED) is 0.677. The molecule has 2 N–H and O–H groups in total. The van der Waals surface area contributed by atoms with Gasteiger partial charge >= 0.3 is 0 Å². The first-order chi connectivity index (χ1) is 7.39. The van der Waals surface area contributed by atoms with E-state index in [-0.39, 0.29) is 17.8 Å². The molecule has 1 aliphatic carbocycles. The Bertz CT molecular complexity index is 307. The number of rotatable bonds is 8. The van der Waals surface area contributed by atoms with Crippen molar-refractivity contribution in [3.05, 3.63) is 0 Å². The van der Waals surface area contributed by atoms with E-state index >= 15 is 0 Å². The second kappa shape index (κ2) is 5.47. The van der Waals surface area contributed by atoms with Crippen LogP contribution in [0.3, 0.4) is 0 Å². The average molecular weight is 249 g/mol. The molecule has 1 rings (SSSR count). The lowest BCUT2D eigenvalue weighted by Crippen LogP contribution is -2.32. The zero-order chi connectivity index (χ0) is 12.2. The van der Waals surface area contributed by atoms with Gasteiger partial charge in [0.15, 0.2) is 0 Å². The van der Waals surface area contributed by atoms with E-state index < -0.39 is 10.0 Å². The molecule has 0 spiro atoms. The van der Waals surface area contributed by atoms with Gasteiger partial charge in [-0.05, 0) is 37.0 Å². The molecule has 96 valence electrons. The predicted molar refractivity (Wildman–Crippen MR) is 64.6 cm³/mol. The highest BCUT2D eigenvalue weighted by Crippen LogP contribution is 2.47. The Labute approximate surface area is 98.5 Å². The van der Waals surface area contributed by atoms with Crippen LogP contribution in [0, 0.1) is 11.3 Å². The Morgan fingerprint density at radius 1 is 1.38 bits per heavy atom. The minimum atomic E-state index is -3.12. The van der Waals surface area contributed by atoms with Crippen molar-refractivity contribution in [3.63, 3.8) is 0 Å². The molecule has 0 aromatic heterocycles. The Hall–Kier alpha value is -0.130. The third-order valence-corrected chi connectivity index (χ3v) is 4.59. The molecular weight excluding hydrogens is 226 g/mol. The number of aliphatic hydroxyl groups is 1. The second-order valence-electron chi connectivity index (χ2n) is 5.30. The molecule has 0 heterocycles. The van der Waals surface area contributed by atoms with Crippen molar-refractivity contribution in [1.29, 1.82) is 0 Å². The molecule has 1 saturated carbocycles. The van der Waals surface area contributed by atoms with E-state index in [0.29, 0.717) is 25.3 Å². The van der Waals surface area contributed by atoms with Crippen LogP contribution in [0.1, 0.15) is 39.5 Å². The molecular formula is C11H23NO3S. The molecule has 0 unspecified atom stereocenters. The maximum absolute atomic E-state index is 11.6. The summed E-state index contributed by atoms with van der Waals surface area (Å²) in [5.74, 6) is 0.615. The Morgan fingerprint density at radius 2 is 2.00 bits per heavy atom. The zero-order valence-electron chi connectivity index (χ0n) is 10.2. The van der Waals surface area contributed by atoms with Crippen LogP contribution in [0.25, 0.3) is 0 Å². The van der Waals surface area contributed by atoms with E-state index in [1.54, 1.807) is 0 Å². The molecule has 0 radical (unpaired) electrons. The summed E-state index contributed by atoms with van der Waals surface area (Å²) in [4.78, 5) is 0. The maximum Gasteiger partial charge on any atom is 0.211 e. The molecule has 0 aromatic rings. The van der Waals surface area contributed by atoms with E-state index in [1.807, 2.05) is 13.8 Å². The molecule has 0 aromatic carbocycles. The largest absolute Gasteiger partial charge is 0.396 e. The first-order valence-corrected chi connectivity index (χ1v) is 7.63. The average Bonchev–Trinajstić information content (AvgIpc) is 2.94. The highest BCUT2D eigenvalue weighted by molar-refractivity contribution is 7.89. The van der Waals surface area contributed by atoms with Gasteiger partial charge in [-0.2, -0.15) is 0 Å². The summed E-state index contributed by atoms with van der Waals surface area (Å²) in [5.41, 5.74) is 0.0552. The Kier molecular flexibility index (Phi) is 4.76. The number of aliphatic hydroxyl groups excluding tert-OH is 1. The van der Waals surface area contributed by atoms with Gasteiger partial charge < -0.3 is 5.11 Å². The first-order valence-electron chi connectivity index (χ1n) is 5.97. The highest BCUT2D eigenvalue weighted by atomic mass is 32.2. The van der Waals surface area contributed by atoms with Crippen LogP contribution < -0.4 is 4.72 Å². The lowest BCUT2D eigenvalue weighted by molar-refractivity contribution is 0.249. The van der Waals surface area contributed by atoms with Crippen LogP contribution in [0.2, 0.25) is 0 Å². The number of hydrogen-bond acceptors (Lipinski definition) is 3. The zero-order valence-corrected chi connectivity index (χ0v) is 11.0. The molecule has 4 nitrogen and oxygen atoms in total. The summed E-state index contributed by atoms with van der Waals surface area (Å²) < 4.78 is 25.9. The van der Waals surface area contributed by atoms with E-state index in [1.165, 1.54) is 0 Å². The standard InChI is InChI=1S/C11H23NO3S/c1-10(2)3-8-16(14,15)12-9-11(4-5-11)6-7-13/h10,12-13H,3-9H2,1-2H3. The summed E-state index contributed by atoms with van der Waals surface area (Å²) in [6.45, 7) is 4.68. The summed E-state index contributed by atoms with van der Waals surface area (Å²) >= 11 is 0. The minimum absolute atomic E-state index is 0.0552. The summed E-state index contributed by atoms with van der Waals surface area (Å²) in [6, 6.07) is 0. The Balaban J connectivity index is 2.31. The fraction of sp³-hybridized carbons (Fsp3) is 1.00. The van der Waals surface area contributed by atoms with Crippen LogP contribution in [-0.4, -0.2) is 32.4 Å². The van der Waals surface area contributed by atoms with Crippen molar-refractivity contribution >= 4 is 10.0 Å². The SMILES string of the molecule is CC(C)CCS(=O)(=O)NCC1(CCO)CC1. The lowest BCUT2D eigenvalue weighted by Gasteiger charge is -2.15. The molecule has 5 heteroatoms. The van der Waals surface area contributed by atoms with Crippen molar-refractivity contribution in [2.75, 3.05) is 18.9 Å². The van der Waals surface area contributed by atoms with Gasteiger partial charge in [0.1, 0.15) is 0 Å². The summed E-state index contributed by atoms with van der Waals surface area (Å²) in [6.07, 6.45) is 3.46. The molecule has 0 atom stereocenters. The van der Waals surface area contributed by atoms with Crippen LogP contribution in [0.5, 0.6) is 0 Å². The number of hydrogen-bond donors (Lipinski definition) is 2. The third-order valence-electron chi connectivity index (χ3n) is 3.23. The normalized spacial score (nSPS) is 19.0. The summed E-state index contributed by atoms with van der Waals surface area (Å²) in [5, 5.41) is 8.87. The van der Waals surface area contributed by atoms with Gasteiger partial charge in [-0.3, -0.25) is 0 Å². The first kappa shape index (κ1) is 13.9. The molecule has 0 amide bonds. The van der Waals surface area contributed by atoms with Crippen LogP contribution in [-0.2, 0) is 10.0 Å². The number of nitrogens with one attached hydrogen (secondary N) is 1. The van der Waals surface area contributed by atoms with Gasteiger partial charge in [-0.1, -0.05) is 13.8 Å². The monoisotopic (exact) mass is 249 g/mol. The topological polar surface area (TPSA) is 66.4 Å². The van der Waals surface area contributed by atoms with Crippen LogP contribution in [0.4, 0.5) is 0 Å². The van der Waals surface area contributed by atoms with Gasteiger partial charge in [-0.25, -0.2) is 13.1 Å². The number of sulfonamides is 1. The molecule has 1 fully saturated rings. The summed E-state index contributed by atoms with van der Waals surface area (Å²) in [7, 11) is -3.12. The molecule has 0 bridgehead atoms. The van der Waals surface area contributed by atoms with Gasteiger partial charge in [0.25, 0.3) is 0 Å². The fourth-order valence-electron chi connectivity index (χ4n) is 1.66. The maximum atomic E-state index is 11.6. The van der Waals surface area contributed by atoms with Crippen molar-refractivity contribution in [1.82, 2.24) is 4.72 Å². The Morgan fingerprint density at radius 3 is 2.44 bits per heavy atom. The molecule has 1 aliphatic rings. The smallest absolute Gasteiger partial charge is 0.211 e. The van der Waals surface area contributed by atoms with Gasteiger partial charge in [0.05, 0.1) is 5.75 Å². The second-order valence-corrected chi connectivity index (χ2v) is 7.22. The van der Waals surface area contributed by atoms with Gasteiger partial charge in [0, 0.05) is 13.2 Å². The molecule has 16 heavy (non-hydrogen) atoms. The van der Waals surface area contributed by atoms with Crippen LogP contribution >= 0.6 is 0 Å². The van der Waals surface area contributed by atoms with Gasteiger partial charge in [0.2, 0.25) is 10.0 Å². The highest BCUT2D eigenvalue weighted by Gasteiger charge is 2.42. The third kappa shape index (κ3) is 4.80.